The predicted molar refractivity (Wildman–Crippen MR) is 143 cm³/mol. The highest BCUT2D eigenvalue weighted by Crippen LogP contribution is 2.57. The molecule has 4 aromatic rings. The first kappa shape index (κ1) is 23.5. The van der Waals surface area contributed by atoms with Crippen molar-refractivity contribution < 1.29 is 9.90 Å². The van der Waals surface area contributed by atoms with Crippen molar-refractivity contribution in [1.29, 1.82) is 0 Å². The van der Waals surface area contributed by atoms with Gasteiger partial charge in [-0.2, -0.15) is 10.2 Å². The van der Waals surface area contributed by atoms with Crippen molar-refractivity contribution in [2.75, 3.05) is 5.32 Å². The quantitative estimate of drug-likeness (QED) is 0.370. The summed E-state index contributed by atoms with van der Waals surface area (Å²) in [5, 5.41) is 25.6. The molecule has 2 saturated carbocycles. The van der Waals surface area contributed by atoms with E-state index in [1.165, 1.54) is 5.56 Å². The van der Waals surface area contributed by atoms with E-state index in [9.17, 15) is 9.90 Å². The van der Waals surface area contributed by atoms with Gasteiger partial charge in [0, 0.05) is 36.3 Å². The van der Waals surface area contributed by atoms with Crippen LogP contribution < -0.4 is 10.6 Å². The van der Waals surface area contributed by atoms with Crippen LogP contribution in [-0.4, -0.2) is 42.8 Å². The molecule has 1 spiro atoms. The molecule has 8 heteroatoms. The molecule has 2 aliphatic rings. The lowest BCUT2D eigenvalue weighted by Crippen LogP contribution is -2.42. The molecule has 2 heterocycles. The Bertz CT molecular complexity index is 1400. The third-order valence-corrected chi connectivity index (χ3v) is 8.01. The summed E-state index contributed by atoms with van der Waals surface area (Å²) < 4.78 is 3.53. The minimum absolute atomic E-state index is 0.0129. The van der Waals surface area contributed by atoms with E-state index >= 15 is 0 Å². The van der Waals surface area contributed by atoms with Crippen molar-refractivity contribution in [2.45, 2.75) is 50.7 Å². The monoisotopic (exact) mass is 496 g/mol. The number of nitrogens with zero attached hydrogens (tertiary/aromatic N) is 4. The molecule has 190 valence electrons. The van der Waals surface area contributed by atoms with Gasteiger partial charge < -0.3 is 10.4 Å². The Morgan fingerprint density at radius 2 is 1.73 bits per heavy atom. The van der Waals surface area contributed by atoms with E-state index < -0.39 is 0 Å². The van der Waals surface area contributed by atoms with Crippen molar-refractivity contribution in [3.05, 3.63) is 84.2 Å². The Morgan fingerprint density at radius 3 is 2.38 bits per heavy atom. The van der Waals surface area contributed by atoms with Crippen LogP contribution in [0.2, 0.25) is 0 Å². The summed E-state index contributed by atoms with van der Waals surface area (Å²) in [6, 6.07) is 19.9. The third-order valence-electron chi connectivity index (χ3n) is 8.01. The molecule has 2 atom stereocenters. The average Bonchev–Trinajstić information content (AvgIpc) is 3.56. The number of carbonyl (C=O) groups is 1. The van der Waals surface area contributed by atoms with Crippen LogP contribution in [0.15, 0.2) is 73.1 Å². The van der Waals surface area contributed by atoms with E-state index in [-0.39, 0.29) is 29.5 Å². The molecule has 2 aromatic carbocycles. The molecule has 2 amide bonds. The number of urea groups is 1. The Hall–Kier alpha value is -3.91. The highest BCUT2D eigenvalue weighted by atomic mass is 16.3. The van der Waals surface area contributed by atoms with Gasteiger partial charge in [0.25, 0.3) is 0 Å². The molecule has 2 fully saturated rings. The maximum absolute atomic E-state index is 13.5. The highest BCUT2D eigenvalue weighted by Gasteiger charge is 2.52. The van der Waals surface area contributed by atoms with Gasteiger partial charge in [-0.15, -0.1) is 0 Å². The molecule has 6 rings (SSSR count). The summed E-state index contributed by atoms with van der Waals surface area (Å²) in [6.45, 7) is 1.97. The van der Waals surface area contributed by atoms with Gasteiger partial charge in [0.2, 0.25) is 0 Å². The summed E-state index contributed by atoms with van der Waals surface area (Å²) in [4.78, 5) is 13.5. The minimum Gasteiger partial charge on any atom is -0.393 e. The zero-order chi connectivity index (χ0) is 25.6. The van der Waals surface area contributed by atoms with Crippen LogP contribution in [0.4, 0.5) is 10.6 Å². The van der Waals surface area contributed by atoms with E-state index in [2.05, 4.69) is 40.0 Å². The van der Waals surface area contributed by atoms with Crippen molar-refractivity contribution in [2.24, 2.45) is 12.5 Å². The summed E-state index contributed by atoms with van der Waals surface area (Å²) in [7, 11) is 1.87. The van der Waals surface area contributed by atoms with Crippen LogP contribution in [0.3, 0.4) is 0 Å². The van der Waals surface area contributed by atoms with E-state index in [1.54, 1.807) is 15.6 Å². The van der Waals surface area contributed by atoms with Crippen molar-refractivity contribution in [3.8, 4) is 16.9 Å². The number of amides is 2. The molecule has 0 radical (unpaired) electrons. The Balaban J connectivity index is 1.29. The van der Waals surface area contributed by atoms with Crippen LogP contribution in [-0.2, 0) is 7.05 Å². The van der Waals surface area contributed by atoms with Gasteiger partial charge in [0.05, 0.1) is 18.0 Å². The van der Waals surface area contributed by atoms with Gasteiger partial charge in [-0.3, -0.25) is 10.00 Å². The Kier molecular flexibility index (Phi) is 5.83. The third kappa shape index (κ3) is 4.42. The molecule has 3 N–H and O–H groups in total. The summed E-state index contributed by atoms with van der Waals surface area (Å²) >= 11 is 0. The van der Waals surface area contributed by atoms with Gasteiger partial charge in [0.1, 0.15) is 11.5 Å². The summed E-state index contributed by atoms with van der Waals surface area (Å²) in [6.07, 6.45) is 6.95. The first-order chi connectivity index (χ1) is 17.9. The minimum atomic E-state index is -0.249. The van der Waals surface area contributed by atoms with Crippen LogP contribution in [0, 0.1) is 12.3 Å². The fourth-order valence-corrected chi connectivity index (χ4v) is 6.30. The number of rotatable bonds is 5. The molecule has 8 nitrogen and oxygen atoms in total. The average molecular weight is 497 g/mol. The van der Waals surface area contributed by atoms with Crippen LogP contribution in [0.25, 0.3) is 16.9 Å². The van der Waals surface area contributed by atoms with Crippen molar-refractivity contribution >= 4 is 11.8 Å². The SMILES string of the molecule is Cc1c(-c2cnn(C)c2)nn(-c2ccccc2)c1NC(=O)N[C@@H]1CC2(CC(O)C2)C[C@H]1c1ccccc1. The first-order valence-corrected chi connectivity index (χ1v) is 12.9. The summed E-state index contributed by atoms with van der Waals surface area (Å²) in [5.74, 6) is 0.844. The summed E-state index contributed by atoms with van der Waals surface area (Å²) in [5.41, 5.74) is 4.74. The van der Waals surface area contributed by atoms with Crippen molar-refractivity contribution in [3.63, 3.8) is 0 Å². The number of anilines is 1. The lowest BCUT2D eigenvalue weighted by Gasteiger charge is -2.43. The van der Waals surface area contributed by atoms with Gasteiger partial charge in [-0.25, -0.2) is 9.48 Å². The number of hydrogen-bond donors (Lipinski definition) is 3. The van der Waals surface area contributed by atoms with Gasteiger partial charge in [-0.05, 0) is 55.7 Å². The molecule has 0 bridgehead atoms. The topological polar surface area (TPSA) is 97.0 Å². The molecule has 2 aliphatic carbocycles. The zero-order valence-electron chi connectivity index (χ0n) is 21.1. The second-order valence-electron chi connectivity index (χ2n) is 10.7. The van der Waals surface area contributed by atoms with E-state index in [0.717, 1.165) is 48.2 Å². The maximum atomic E-state index is 13.5. The number of aliphatic hydroxyl groups excluding tert-OH is 1. The molecular weight excluding hydrogens is 464 g/mol. The van der Waals surface area contributed by atoms with E-state index in [4.69, 9.17) is 5.10 Å². The predicted octanol–water partition coefficient (Wildman–Crippen LogP) is 4.79. The Labute approximate surface area is 216 Å². The van der Waals surface area contributed by atoms with Crippen LogP contribution in [0.1, 0.15) is 42.7 Å². The number of aliphatic hydroxyl groups is 1. The standard InChI is InChI=1S/C29H32N6O2/c1-19-26(21-17-30-34(2)18-21)33-35(22-11-7-4-8-12-22)27(19)32-28(37)31-25-16-29(13-23(36)14-29)15-24(25)20-9-5-3-6-10-20/h3-12,17-18,23-25,36H,13-16H2,1-2H3,(H2,31,32,37)/t23?,24-,25+,29?/m0/s1. The molecule has 37 heavy (non-hydrogen) atoms. The lowest BCUT2D eigenvalue weighted by atomic mass is 9.65. The Morgan fingerprint density at radius 1 is 1.03 bits per heavy atom. The van der Waals surface area contributed by atoms with Crippen molar-refractivity contribution in [1.82, 2.24) is 24.9 Å². The fraction of sp³-hybridized carbons (Fsp3) is 0.345. The molecular formula is C29H32N6O2. The smallest absolute Gasteiger partial charge is 0.320 e. The number of para-hydroxylation sites is 1. The first-order valence-electron chi connectivity index (χ1n) is 12.9. The largest absolute Gasteiger partial charge is 0.393 e. The number of aryl methyl sites for hydroxylation is 1. The van der Waals surface area contributed by atoms with Gasteiger partial charge >= 0.3 is 6.03 Å². The zero-order valence-corrected chi connectivity index (χ0v) is 21.1. The van der Waals surface area contributed by atoms with Crippen LogP contribution >= 0.6 is 0 Å². The molecule has 2 aromatic heterocycles. The number of carbonyl (C=O) groups excluding carboxylic acids is 1. The number of nitrogens with one attached hydrogen (secondary N) is 2. The molecule has 0 unspecified atom stereocenters. The molecule has 0 aliphatic heterocycles. The van der Waals surface area contributed by atoms with E-state index in [0.29, 0.717) is 5.82 Å². The lowest BCUT2D eigenvalue weighted by molar-refractivity contribution is -0.0292. The maximum Gasteiger partial charge on any atom is 0.320 e. The van der Waals surface area contributed by atoms with Crippen LogP contribution in [0.5, 0.6) is 0 Å². The fourth-order valence-electron chi connectivity index (χ4n) is 6.30. The normalized spacial score (nSPS) is 24.7. The number of aromatic nitrogens is 4. The van der Waals surface area contributed by atoms with Gasteiger partial charge in [-0.1, -0.05) is 48.5 Å². The number of hydrogen-bond acceptors (Lipinski definition) is 4. The highest BCUT2D eigenvalue weighted by molar-refractivity contribution is 5.91. The van der Waals surface area contributed by atoms with Gasteiger partial charge in [0.15, 0.2) is 0 Å². The second kappa shape index (κ2) is 9.19. The second-order valence-corrected chi connectivity index (χ2v) is 10.7. The number of benzene rings is 2. The van der Waals surface area contributed by atoms with E-state index in [1.807, 2.05) is 56.6 Å². The molecule has 0 saturated heterocycles.